The summed E-state index contributed by atoms with van der Waals surface area (Å²) in [6.07, 6.45) is 19.1. The second-order valence-electron chi connectivity index (χ2n) is 16.4. The fourth-order valence-electron chi connectivity index (χ4n) is 10.3. The minimum atomic E-state index is -0.785. The minimum absolute atomic E-state index is 0.0302. The highest BCUT2D eigenvalue weighted by Crippen LogP contribution is 2.68. The molecular weight excluding hydrogens is 584 g/mol. The van der Waals surface area contributed by atoms with Crippen LogP contribution in [0.4, 0.5) is 4.79 Å². The van der Waals surface area contributed by atoms with Gasteiger partial charge in [0.1, 0.15) is 18.8 Å². The first-order valence-electron chi connectivity index (χ1n) is 18.5. The van der Waals surface area contributed by atoms with E-state index in [0.717, 1.165) is 54.4 Å². The summed E-state index contributed by atoms with van der Waals surface area (Å²) in [4.78, 5) is 24.8. The number of esters is 1. The molecule has 1 aromatic rings. The number of benzene rings is 1. The van der Waals surface area contributed by atoms with Crippen LogP contribution < -0.4 is 0 Å². The van der Waals surface area contributed by atoms with Crippen molar-refractivity contribution in [3.05, 3.63) is 65.8 Å². The number of ether oxygens (including phenoxy) is 3. The first-order valence-corrected chi connectivity index (χ1v) is 18.5. The molecule has 0 radical (unpaired) electrons. The normalized spacial score (nSPS) is 33.7. The molecule has 258 valence electrons. The second-order valence-corrected chi connectivity index (χ2v) is 16.4. The average molecular weight is 645 g/mol. The first-order chi connectivity index (χ1) is 22.4. The molecule has 5 nitrogen and oxygen atoms in total. The van der Waals surface area contributed by atoms with E-state index in [-0.39, 0.29) is 18.6 Å². The van der Waals surface area contributed by atoms with Crippen molar-refractivity contribution in [1.29, 1.82) is 0 Å². The molecule has 0 heterocycles. The molecule has 5 heteroatoms. The van der Waals surface area contributed by atoms with Crippen molar-refractivity contribution >= 4 is 18.2 Å². The number of rotatable bonds is 12. The third-order valence-electron chi connectivity index (χ3n) is 12.9. The van der Waals surface area contributed by atoms with Crippen molar-refractivity contribution in [3.63, 3.8) is 0 Å². The van der Waals surface area contributed by atoms with E-state index < -0.39 is 17.7 Å². The van der Waals surface area contributed by atoms with E-state index in [9.17, 15) is 9.59 Å². The van der Waals surface area contributed by atoms with E-state index in [1.54, 1.807) is 6.92 Å². The van der Waals surface area contributed by atoms with E-state index >= 15 is 0 Å². The van der Waals surface area contributed by atoms with Crippen LogP contribution in [-0.2, 0) is 19.0 Å². The van der Waals surface area contributed by atoms with Gasteiger partial charge < -0.3 is 14.2 Å². The van der Waals surface area contributed by atoms with Crippen LogP contribution in [0.3, 0.4) is 0 Å². The smallest absolute Gasteiger partial charge is 0.459 e. The van der Waals surface area contributed by atoms with Gasteiger partial charge in [-0.1, -0.05) is 109 Å². The molecule has 0 saturated heterocycles. The van der Waals surface area contributed by atoms with E-state index in [1.807, 2.05) is 18.2 Å². The Bertz CT molecular complexity index is 1330. The van der Waals surface area contributed by atoms with Crippen molar-refractivity contribution in [1.82, 2.24) is 0 Å². The zero-order valence-corrected chi connectivity index (χ0v) is 30.0. The number of allylic oxidation sites excluding steroid dienone is 1. The van der Waals surface area contributed by atoms with Gasteiger partial charge in [-0.15, -0.1) is 0 Å². The summed E-state index contributed by atoms with van der Waals surface area (Å²) >= 11 is 0. The van der Waals surface area contributed by atoms with Gasteiger partial charge in [0.25, 0.3) is 0 Å². The molecule has 0 spiro atoms. The van der Waals surface area contributed by atoms with Gasteiger partial charge in [-0.3, -0.25) is 0 Å². The maximum absolute atomic E-state index is 13.1. The molecule has 0 aliphatic heterocycles. The molecule has 1 aromatic carbocycles. The number of carbonyl (C=O) groups excluding carboxylic acids is 2. The Morgan fingerprint density at radius 1 is 0.957 bits per heavy atom. The summed E-state index contributed by atoms with van der Waals surface area (Å²) < 4.78 is 16.7. The van der Waals surface area contributed by atoms with Gasteiger partial charge in [0.15, 0.2) is 0 Å². The third kappa shape index (κ3) is 7.75. The lowest BCUT2D eigenvalue weighted by molar-refractivity contribution is -0.140. The molecule has 47 heavy (non-hydrogen) atoms. The number of hydrogen-bond donors (Lipinski definition) is 0. The molecule has 3 saturated carbocycles. The van der Waals surface area contributed by atoms with Crippen molar-refractivity contribution in [3.8, 4) is 0 Å². The second kappa shape index (κ2) is 14.7. The molecule has 0 aromatic heterocycles. The maximum atomic E-state index is 13.1. The fraction of sp³-hybridized carbons (Fsp3) is 0.667. The van der Waals surface area contributed by atoms with Crippen LogP contribution >= 0.6 is 0 Å². The largest absolute Gasteiger partial charge is 0.509 e. The summed E-state index contributed by atoms with van der Waals surface area (Å²) in [6, 6.07) is 10.2. The Kier molecular flexibility index (Phi) is 11.1. The van der Waals surface area contributed by atoms with Crippen LogP contribution in [0, 0.1) is 46.3 Å². The van der Waals surface area contributed by atoms with Gasteiger partial charge in [0.05, 0.1) is 0 Å². The molecule has 5 rings (SSSR count). The topological polar surface area (TPSA) is 61.8 Å². The number of hydrogen-bond acceptors (Lipinski definition) is 5. The summed E-state index contributed by atoms with van der Waals surface area (Å²) in [5.74, 6) is 4.20. The molecule has 0 bridgehead atoms. The van der Waals surface area contributed by atoms with Crippen LogP contribution in [0.5, 0.6) is 0 Å². The summed E-state index contributed by atoms with van der Waals surface area (Å²) in [5.41, 5.74) is 2.63. The van der Waals surface area contributed by atoms with Crippen LogP contribution in [-0.4, -0.2) is 30.9 Å². The highest BCUT2D eigenvalue weighted by atomic mass is 16.7. The summed E-state index contributed by atoms with van der Waals surface area (Å²) in [5, 5.41) is 0. The average Bonchev–Trinajstić information content (AvgIpc) is 3.40. The van der Waals surface area contributed by atoms with Crippen molar-refractivity contribution in [2.75, 3.05) is 13.2 Å². The van der Waals surface area contributed by atoms with E-state index in [0.29, 0.717) is 23.3 Å². The highest BCUT2D eigenvalue weighted by molar-refractivity contribution is 5.86. The van der Waals surface area contributed by atoms with Gasteiger partial charge >= 0.3 is 12.1 Å². The predicted molar refractivity (Wildman–Crippen MR) is 189 cm³/mol. The fourth-order valence-corrected chi connectivity index (χ4v) is 10.3. The van der Waals surface area contributed by atoms with E-state index in [4.69, 9.17) is 14.2 Å². The molecule has 0 N–H and O–H groups in total. The molecule has 8 atom stereocenters. The van der Waals surface area contributed by atoms with Gasteiger partial charge in [0, 0.05) is 12.0 Å². The van der Waals surface area contributed by atoms with Gasteiger partial charge in [-0.2, -0.15) is 0 Å². The molecule has 4 unspecified atom stereocenters. The lowest BCUT2D eigenvalue weighted by Gasteiger charge is -2.59. The summed E-state index contributed by atoms with van der Waals surface area (Å²) in [6.45, 7) is 17.5. The highest BCUT2D eigenvalue weighted by Gasteiger charge is 2.60. The minimum Gasteiger partial charge on any atom is -0.459 e. The molecule has 4 aliphatic rings. The molecule has 0 amide bonds. The van der Waals surface area contributed by atoms with Crippen molar-refractivity contribution < 1.29 is 23.8 Å². The predicted octanol–water partition coefficient (Wildman–Crippen LogP) is 10.8. The van der Waals surface area contributed by atoms with Gasteiger partial charge in [-0.25, -0.2) is 9.59 Å². The Balaban J connectivity index is 1.30. The lowest BCUT2D eigenvalue weighted by atomic mass is 9.46. The molecule has 4 aliphatic carbocycles. The Morgan fingerprint density at radius 2 is 1.70 bits per heavy atom. The van der Waals surface area contributed by atoms with E-state index in [1.165, 1.54) is 50.5 Å². The standard InChI is InChI=1S/C42H60O5/c1-29(2)12-11-13-31(5)35-18-19-36-34-17-16-33-28-42(23-20-32-14-9-8-10-15-32,47-39(44)46-27-26-45-38(43)30(3)4)25-24-40(33,6)37(34)21-22-41(35,36)7/h8-10,14-16,20,23,29,31,34-37H,3,11-13,17-19,21-22,24-28H2,1-2,4-7H3/t31-,34?,35-,36?,37?,40+,41-,42?/m1/s1. The summed E-state index contributed by atoms with van der Waals surface area (Å²) in [7, 11) is 0. The molecule has 3 fully saturated rings. The van der Waals surface area contributed by atoms with Crippen LogP contribution in [0.25, 0.3) is 6.08 Å². The third-order valence-corrected chi connectivity index (χ3v) is 12.9. The van der Waals surface area contributed by atoms with Crippen LogP contribution in [0.2, 0.25) is 0 Å². The number of fused-ring (bicyclic) bond motifs is 5. The Labute approximate surface area is 284 Å². The maximum Gasteiger partial charge on any atom is 0.509 e. The number of carbonyl (C=O) groups is 2. The van der Waals surface area contributed by atoms with Gasteiger partial charge in [0.2, 0.25) is 0 Å². The zero-order chi connectivity index (χ0) is 33.8. The quantitative estimate of drug-likeness (QED) is 0.0980. The SMILES string of the molecule is C=C(C)C(=O)OCCOC(=O)OC1(C=Cc2ccccc2)CC[C@@]2(C)C(=CCC3C2CC[C@@]2(C)C3CC[C@@H]2[C@H](C)CCCC(C)C)C1. The monoisotopic (exact) mass is 644 g/mol. The Hall–Kier alpha value is -2.82. The Morgan fingerprint density at radius 3 is 2.43 bits per heavy atom. The zero-order valence-electron chi connectivity index (χ0n) is 30.0. The van der Waals surface area contributed by atoms with Crippen LogP contribution in [0.1, 0.15) is 118 Å². The van der Waals surface area contributed by atoms with Gasteiger partial charge in [-0.05, 0) is 110 Å². The van der Waals surface area contributed by atoms with Crippen molar-refractivity contribution in [2.45, 2.75) is 118 Å². The first kappa shape index (κ1) is 35.5. The lowest BCUT2D eigenvalue weighted by Crippen LogP contribution is -2.52. The van der Waals surface area contributed by atoms with Crippen molar-refractivity contribution in [2.24, 2.45) is 46.3 Å². The molecular formula is C42H60O5. The van der Waals surface area contributed by atoms with E-state index in [2.05, 4.69) is 71.6 Å². The van der Waals surface area contributed by atoms with Crippen LogP contribution in [0.15, 0.2) is 60.2 Å².